The number of carboxylic acid groups (broad SMARTS) is 1. The molecule has 1 heterocycles. The van der Waals surface area contributed by atoms with E-state index in [4.69, 9.17) is 9.90 Å². The molecule has 0 aliphatic heterocycles. The number of alkyl halides is 3. The quantitative estimate of drug-likeness (QED) is 0.672. The van der Waals surface area contributed by atoms with Crippen molar-refractivity contribution in [3.8, 4) is 0 Å². The predicted molar refractivity (Wildman–Crippen MR) is 48.7 cm³/mol. The van der Waals surface area contributed by atoms with Crippen LogP contribution in [0.15, 0.2) is 18.7 Å². The number of aryl methyl sites for hydroxylation is 1. The van der Waals surface area contributed by atoms with Gasteiger partial charge >= 0.3 is 12.1 Å². The molecule has 0 atom stereocenters. The summed E-state index contributed by atoms with van der Waals surface area (Å²) >= 11 is 0. The van der Waals surface area contributed by atoms with E-state index in [1.54, 1.807) is 6.20 Å². The van der Waals surface area contributed by atoms with Gasteiger partial charge in [-0.25, -0.2) is 9.78 Å². The smallest absolute Gasteiger partial charge is 0.475 e. The molecule has 0 bridgehead atoms. The van der Waals surface area contributed by atoms with Crippen LogP contribution in [-0.2, 0) is 30.8 Å². The average molecular weight is 310 g/mol. The van der Waals surface area contributed by atoms with E-state index in [2.05, 4.69) is 16.5 Å². The molecule has 0 fully saturated rings. The number of hydrogen-bond acceptors (Lipinski definition) is 2. The summed E-state index contributed by atoms with van der Waals surface area (Å²) in [5, 5.41) is 7.12. The molecule has 0 aromatic carbocycles. The van der Waals surface area contributed by atoms with Gasteiger partial charge in [-0.05, 0) is 6.42 Å². The molecule has 0 aliphatic carbocycles. The van der Waals surface area contributed by atoms with Crippen LogP contribution in [0.25, 0.3) is 0 Å². The van der Waals surface area contributed by atoms with E-state index in [1.165, 1.54) is 6.42 Å². The maximum Gasteiger partial charge on any atom is 0.490 e. The third-order valence-corrected chi connectivity index (χ3v) is 1.28. The second-order valence-electron chi connectivity index (χ2n) is 2.60. The Balaban J connectivity index is -0.000000208. The van der Waals surface area contributed by atoms with Crippen LogP contribution in [0.5, 0.6) is 0 Å². The molecule has 9 heteroatoms. The van der Waals surface area contributed by atoms with E-state index in [0.717, 1.165) is 6.54 Å². The molecule has 0 unspecified atom stereocenters. The third kappa shape index (κ3) is 11.3. The van der Waals surface area contributed by atoms with Gasteiger partial charge in [0.15, 0.2) is 0 Å². The van der Waals surface area contributed by atoms with Crippen molar-refractivity contribution in [3.05, 3.63) is 18.7 Å². The summed E-state index contributed by atoms with van der Waals surface area (Å²) in [7, 11) is 0. The van der Waals surface area contributed by atoms with Crippen molar-refractivity contribution >= 4 is 5.97 Å². The molecular weight excluding hydrogens is 297 g/mol. The van der Waals surface area contributed by atoms with Crippen molar-refractivity contribution < 1.29 is 47.3 Å². The maximum atomic E-state index is 10.6. The first-order valence-electron chi connectivity index (χ1n) is 4.13. The van der Waals surface area contributed by atoms with Crippen LogP contribution in [0, 0.1) is 0 Å². The minimum atomic E-state index is -5.08. The van der Waals surface area contributed by atoms with Crippen molar-refractivity contribution in [1.82, 2.24) is 9.55 Å². The van der Waals surface area contributed by atoms with Crippen LogP contribution in [0.4, 0.5) is 17.9 Å². The first-order chi connectivity index (χ1) is 6.88. The Bertz CT molecular complexity index is 290. The summed E-state index contributed by atoms with van der Waals surface area (Å²) in [6.07, 6.45) is 1.71. The van der Waals surface area contributed by atoms with Crippen molar-refractivity contribution in [3.63, 3.8) is 0 Å². The van der Waals surface area contributed by atoms with Gasteiger partial charge in [0.25, 0.3) is 0 Å². The number of carbonyl (C=O) groups is 1. The molecule has 0 amide bonds. The van der Waals surface area contributed by atoms with Crippen LogP contribution in [0.2, 0.25) is 0 Å². The second kappa shape index (κ2) is 10.2. The van der Waals surface area contributed by atoms with Crippen LogP contribution >= 0.6 is 0 Å². The standard InChI is InChI=1S/C6H10N2.C2HF3O2.FH.Zn/c1-2-4-8-5-3-7-6-8;3-2(4,5)1(6)7;;/h3,5-6H,2,4H2,1H3;(H,6,7);1H;. The van der Waals surface area contributed by atoms with Gasteiger partial charge in [0.1, 0.15) is 0 Å². The van der Waals surface area contributed by atoms with Gasteiger partial charge in [0, 0.05) is 38.4 Å². The average Bonchev–Trinajstić information content (AvgIpc) is 2.57. The van der Waals surface area contributed by atoms with Crippen LogP contribution in [0.1, 0.15) is 13.3 Å². The molecule has 0 spiro atoms. The van der Waals surface area contributed by atoms with Crippen LogP contribution in [-0.4, -0.2) is 26.8 Å². The number of nitrogens with zero attached hydrogens (tertiary/aromatic N) is 2. The number of aliphatic carboxylic acids is 1. The normalized spacial score (nSPS) is 9.18. The van der Waals surface area contributed by atoms with Gasteiger partial charge in [-0.2, -0.15) is 13.2 Å². The summed E-state index contributed by atoms with van der Waals surface area (Å²) in [5.74, 6) is -2.76. The largest absolute Gasteiger partial charge is 0.490 e. The minimum Gasteiger partial charge on any atom is -0.475 e. The fraction of sp³-hybridized carbons (Fsp3) is 0.500. The van der Waals surface area contributed by atoms with E-state index >= 15 is 0 Å². The Morgan fingerprint density at radius 1 is 1.47 bits per heavy atom. The molecule has 0 radical (unpaired) electrons. The summed E-state index contributed by atoms with van der Waals surface area (Å²) in [5.41, 5.74) is 0. The van der Waals surface area contributed by atoms with Gasteiger partial charge in [-0.15, -0.1) is 0 Å². The fourth-order valence-electron chi connectivity index (χ4n) is 0.677. The molecule has 0 saturated heterocycles. The molecule has 1 aromatic rings. The van der Waals surface area contributed by atoms with Gasteiger partial charge in [0.2, 0.25) is 0 Å². The minimum absolute atomic E-state index is 0. The number of rotatable bonds is 2. The van der Waals surface area contributed by atoms with Crippen molar-refractivity contribution in [2.75, 3.05) is 0 Å². The Hall–Kier alpha value is -0.977. The summed E-state index contributed by atoms with van der Waals surface area (Å²) in [6, 6.07) is 0. The number of carboxylic acids is 1. The summed E-state index contributed by atoms with van der Waals surface area (Å²) < 4.78 is 33.8. The van der Waals surface area contributed by atoms with Crippen molar-refractivity contribution in [2.45, 2.75) is 26.1 Å². The maximum absolute atomic E-state index is 10.6. The molecule has 0 aliphatic rings. The Labute approximate surface area is 108 Å². The van der Waals surface area contributed by atoms with E-state index < -0.39 is 12.1 Å². The molecule has 0 saturated carbocycles. The van der Waals surface area contributed by atoms with E-state index in [1.807, 2.05) is 12.5 Å². The van der Waals surface area contributed by atoms with Crippen LogP contribution < -0.4 is 0 Å². The predicted octanol–water partition coefficient (Wildman–Crippen LogP) is 2.08. The van der Waals surface area contributed by atoms with E-state index in [9.17, 15) is 13.2 Å². The second-order valence-corrected chi connectivity index (χ2v) is 2.60. The zero-order valence-corrected chi connectivity index (χ0v) is 12.1. The number of aromatic nitrogens is 2. The molecule has 1 aromatic heterocycles. The van der Waals surface area contributed by atoms with Crippen LogP contribution in [0.3, 0.4) is 0 Å². The molecule has 17 heavy (non-hydrogen) atoms. The Kier molecular flexibility index (Phi) is 12.8. The molecule has 4 nitrogen and oxygen atoms in total. The Morgan fingerprint density at radius 2 is 1.94 bits per heavy atom. The molecular formula is C8H12F4N2O2Zn. The SMILES string of the molecule is CCCn1ccnc1.F.O=C(O)C(F)(F)F.[Zn]. The topological polar surface area (TPSA) is 55.1 Å². The third-order valence-electron chi connectivity index (χ3n) is 1.28. The Morgan fingerprint density at radius 3 is 2.18 bits per heavy atom. The molecule has 96 valence electrons. The zero-order chi connectivity index (χ0) is 11.9. The monoisotopic (exact) mass is 308 g/mol. The van der Waals surface area contributed by atoms with E-state index in [-0.39, 0.29) is 24.2 Å². The molecule has 1 N–H and O–H groups in total. The zero-order valence-electron chi connectivity index (χ0n) is 9.15. The van der Waals surface area contributed by atoms with E-state index in [0.29, 0.717) is 0 Å². The first kappa shape index (κ1) is 21.3. The van der Waals surface area contributed by atoms with Gasteiger partial charge < -0.3 is 9.67 Å². The van der Waals surface area contributed by atoms with Gasteiger partial charge in [-0.1, -0.05) is 6.92 Å². The first-order valence-corrected chi connectivity index (χ1v) is 4.13. The van der Waals surface area contributed by atoms with Gasteiger partial charge in [0.05, 0.1) is 6.33 Å². The number of halogens is 4. The summed E-state index contributed by atoms with van der Waals surface area (Å²) in [4.78, 5) is 12.8. The number of hydrogen-bond donors (Lipinski definition) is 1. The fourth-order valence-corrected chi connectivity index (χ4v) is 0.677. The van der Waals surface area contributed by atoms with Crippen molar-refractivity contribution in [2.24, 2.45) is 0 Å². The number of imidazole rings is 1. The molecule has 1 rings (SSSR count). The van der Waals surface area contributed by atoms with Gasteiger partial charge in [-0.3, -0.25) is 4.70 Å². The van der Waals surface area contributed by atoms with Crippen molar-refractivity contribution in [1.29, 1.82) is 0 Å². The summed E-state index contributed by atoms with van der Waals surface area (Å²) in [6.45, 7) is 3.24.